The van der Waals surface area contributed by atoms with Gasteiger partial charge >= 0.3 is 5.97 Å². The standard InChI is InChI=1S/C14H22N2O2/c1-9(2)7-10(3)16-13-6-5-11(8-12(13)15)14(17)18-4/h5-6,8-10,16H,7,15H2,1-4H3. The Bertz CT molecular complexity index is 416. The van der Waals surface area contributed by atoms with Gasteiger partial charge in [0.15, 0.2) is 0 Å². The molecule has 3 N–H and O–H groups in total. The Kier molecular flexibility index (Phi) is 5.01. The summed E-state index contributed by atoms with van der Waals surface area (Å²) in [6, 6.07) is 5.51. The van der Waals surface area contributed by atoms with Crippen molar-refractivity contribution in [2.45, 2.75) is 33.2 Å². The number of nitrogen functional groups attached to an aromatic ring is 1. The minimum Gasteiger partial charge on any atom is -0.465 e. The first kappa shape index (κ1) is 14.4. The van der Waals surface area contributed by atoms with Crippen LogP contribution in [0.5, 0.6) is 0 Å². The molecule has 1 rings (SSSR count). The molecule has 0 amide bonds. The van der Waals surface area contributed by atoms with E-state index in [1.54, 1.807) is 12.1 Å². The molecule has 4 heteroatoms. The summed E-state index contributed by atoms with van der Waals surface area (Å²) in [4.78, 5) is 11.3. The molecule has 0 aliphatic carbocycles. The zero-order valence-electron chi connectivity index (χ0n) is 11.5. The average Bonchev–Trinajstić information content (AvgIpc) is 2.29. The monoisotopic (exact) mass is 250 g/mol. The highest BCUT2D eigenvalue weighted by atomic mass is 16.5. The lowest BCUT2D eigenvalue weighted by molar-refractivity contribution is 0.0601. The molecule has 1 aromatic rings. The molecule has 0 spiro atoms. The van der Waals surface area contributed by atoms with Gasteiger partial charge in [-0.2, -0.15) is 0 Å². The quantitative estimate of drug-likeness (QED) is 0.623. The maximum Gasteiger partial charge on any atom is 0.337 e. The van der Waals surface area contributed by atoms with Gasteiger partial charge in [-0.25, -0.2) is 4.79 Å². The number of ether oxygens (including phenoxy) is 1. The third kappa shape index (κ3) is 3.95. The summed E-state index contributed by atoms with van der Waals surface area (Å²) in [5, 5.41) is 3.35. The number of hydrogen-bond donors (Lipinski definition) is 2. The number of nitrogens with one attached hydrogen (secondary N) is 1. The van der Waals surface area contributed by atoms with Crippen LogP contribution in [-0.4, -0.2) is 19.1 Å². The van der Waals surface area contributed by atoms with Gasteiger partial charge in [0.2, 0.25) is 0 Å². The van der Waals surface area contributed by atoms with Crippen LogP contribution in [0.15, 0.2) is 18.2 Å². The third-order valence-corrected chi connectivity index (χ3v) is 2.70. The molecule has 100 valence electrons. The zero-order valence-corrected chi connectivity index (χ0v) is 11.5. The van der Waals surface area contributed by atoms with Crippen LogP contribution in [0.4, 0.5) is 11.4 Å². The summed E-state index contributed by atoms with van der Waals surface area (Å²) in [6.07, 6.45) is 1.07. The van der Waals surface area contributed by atoms with Crippen molar-refractivity contribution in [2.24, 2.45) is 5.92 Å². The Morgan fingerprint density at radius 1 is 1.39 bits per heavy atom. The maximum atomic E-state index is 11.3. The van der Waals surface area contributed by atoms with Gasteiger partial charge in [-0.05, 0) is 37.5 Å². The Balaban J connectivity index is 2.76. The van der Waals surface area contributed by atoms with Crippen LogP contribution in [0.1, 0.15) is 37.6 Å². The van der Waals surface area contributed by atoms with Crippen molar-refractivity contribution in [3.63, 3.8) is 0 Å². The summed E-state index contributed by atoms with van der Waals surface area (Å²) in [5.41, 5.74) is 7.81. The van der Waals surface area contributed by atoms with Crippen molar-refractivity contribution >= 4 is 17.3 Å². The molecule has 0 heterocycles. The van der Waals surface area contributed by atoms with Gasteiger partial charge in [-0.3, -0.25) is 0 Å². The fraction of sp³-hybridized carbons (Fsp3) is 0.500. The van der Waals surface area contributed by atoms with Crippen LogP contribution >= 0.6 is 0 Å². The Morgan fingerprint density at radius 2 is 2.06 bits per heavy atom. The van der Waals surface area contributed by atoms with E-state index in [1.165, 1.54) is 7.11 Å². The summed E-state index contributed by atoms with van der Waals surface area (Å²) in [6.45, 7) is 6.48. The van der Waals surface area contributed by atoms with Crippen LogP contribution in [0.3, 0.4) is 0 Å². The van der Waals surface area contributed by atoms with Gasteiger partial charge in [0.05, 0.1) is 24.0 Å². The molecule has 0 radical (unpaired) electrons. The molecular weight excluding hydrogens is 228 g/mol. The molecule has 1 unspecified atom stereocenters. The first-order valence-corrected chi connectivity index (χ1v) is 6.18. The molecule has 0 saturated carbocycles. The Morgan fingerprint density at radius 3 is 2.56 bits per heavy atom. The smallest absolute Gasteiger partial charge is 0.337 e. The van der Waals surface area contributed by atoms with Crippen LogP contribution in [-0.2, 0) is 4.74 Å². The van der Waals surface area contributed by atoms with Crippen LogP contribution in [0, 0.1) is 5.92 Å². The topological polar surface area (TPSA) is 64.3 Å². The number of rotatable bonds is 5. The first-order valence-electron chi connectivity index (χ1n) is 6.18. The molecule has 1 aromatic carbocycles. The highest BCUT2D eigenvalue weighted by molar-refractivity contribution is 5.91. The van der Waals surface area contributed by atoms with Crippen molar-refractivity contribution in [1.29, 1.82) is 0 Å². The van der Waals surface area contributed by atoms with E-state index in [9.17, 15) is 4.79 Å². The molecule has 0 aliphatic heterocycles. The Hall–Kier alpha value is -1.71. The molecule has 18 heavy (non-hydrogen) atoms. The summed E-state index contributed by atoms with van der Waals surface area (Å²) >= 11 is 0. The average molecular weight is 250 g/mol. The van der Waals surface area contributed by atoms with Crippen molar-refractivity contribution in [2.75, 3.05) is 18.2 Å². The van der Waals surface area contributed by atoms with E-state index in [0.29, 0.717) is 23.2 Å². The van der Waals surface area contributed by atoms with E-state index in [1.807, 2.05) is 6.07 Å². The molecule has 0 fully saturated rings. The minimum atomic E-state index is -0.372. The van der Waals surface area contributed by atoms with Gasteiger partial charge in [0, 0.05) is 6.04 Å². The number of nitrogens with two attached hydrogens (primary N) is 1. The molecule has 0 aliphatic rings. The second-order valence-corrected chi connectivity index (χ2v) is 4.97. The van der Waals surface area contributed by atoms with Gasteiger partial charge in [0.25, 0.3) is 0 Å². The van der Waals surface area contributed by atoms with E-state index in [2.05, 4.69) is 30.8 Å². The van der Waals surface area contributed by atoms with E-state index in [0.717, 1.165) is 12.1 Å². The summed E-state index contributed by atoms with van der Waals surface area (Å²) in [7, 11) is 1.36. The lowest BCUT2D eigenvalue weighted by Gasteiger charge is -2.18. The number of hydrogen-bond acceptors (Lipinski definition) is 4. The fourth-order valence-electron chi connectivity index (χ4n) is 1.97. The molecule has 0 saturated heterocycles. The van der Waals surface area contributed by atoms with Crippen LogP contribution < -0.4 is 11.1 Å². The molecular formula is C14H22N2O2. The van der Waals surface area contributed by atoms with Gasteiger partial charge in [-0.15, -0.1) is 0 Å². The number of carbonyl (C=O) groups is 1. The number of carbonyl (C=O) groups excluding carboxylic acids is 1. The maximum absolute atomic E-state index is 11.3. The largest absolute Gasteiger partial charge is 0.465 e. The summed E-state index contributed by atoms with van der Waals surface area (Å²) < 4.78 is 4.65. The van der Waals surface area contributed by atoms with Gasteiger partial charge < -0.3 is 15.8 Å². The van der Waals surface area contributed by atoms with Crippen LogP contribution in [0.2, 0.25) is 0 Å². The lowest BCUT2D eigenvalue weighted by Crippen LogP contribution is -2.18. The Labute approximate surface area is 109 Å². The number of esters is 1. The van der Waals surface area contributed by atoms with Crippen molar-refractivity contribution in [1.82, 2.24) is 0 Å². The van der Waals surface area contributed by atoms with E-state index in [4.69, 9.17) is 5.73 Å². The molecule has 1 atom stereocenters. The highest BCUT2D eigenvalue weighted by Crippen LogP contribution is 2.22. The third-order valence-electron chi connectivity index (χ3n) is 2.70. The number of benzene rings is 1. The summed E-state index contributed by atoms with van der Waals surface area (Å²) in [5.74, 6) is 0.256. The number of methoxy groups -OCH3 is 1. The molecule has 0 aromatic heterocycles. The van der Waals surface area contributed by atoms with Gasteiger partial charge in [-0.1, -0.05) is 13.8 Å². The van der Waals surface area contributed by atoms with E-state index >= 15 is 0 Å². The second-order valence-electron chi connectivity index (χ2n) is 4.97. The van der Waals surface area contributed by atoms with Crippen molar-refractivity contribution in [3.05, 3.63) is 23.8 Å². The molecule has 0 bridgehead atoms. The van der Waals surface area contributed by atoms with Crippen LogP contribution in [0.25, 0.3) is 0 Å². The molecule has 4 nitrogen and oxygen atoms in total. The minimum absolute atomic E-state index is 0.344. The van der Waals surface area contributed by atoms with E-state index < -0.39 is 0 Å². The normalized spacial score (nSPS) is 12.3. The van der Waals surface area contributed by atoms with Gasteiger partial charge in [0.1, 0.15) is 0 Å². The highest BCUT2D eigenvalue weighted by Gasteiger charge is 2.10. The van der Waals surface area contributed by atoms with Crippen molar-refractivity contribution < 1.29 is 9.53 Å². The SMILES string of the molecule is COC(=O)c1ccc(NC(C)CC(C)C)c(N)c1. The predicted molar refractivity (Wildman–Crippen MR) is 74.7 cm³/mol. The fourth-order valence-corrected chi connectivity index (χ4v) is 1.97. The van der Waals surface area contributed by atoms with Crippen molar-refractivity contribution in [3.8, 4) is 0 Å². The zero-order chi connectivity index (χ0) is 13.7. The lowest BCUT2D eigenvalue weighted by atomic mass is 10.0. The first-order chi connectivity index (χ1) is 8.43. The number of anilines is 2. The van der Waals surface area contributed by atoms with E-state index in [-0.39, 0.29) is 5.97 Å². The second kappa shape index (κ2) is 6.28. The predicted octanol–water partition coefficient (Wildman–Crippen LogP) is 2.90.